The van der Waals surface area contributed by atoms with Crippen molar-refractivity contribution in [1.29, 1.82) is 0 Å². The van der Waals surface area contributed by atoms with Crippen LogP contribution < -0.4 is 10.9 Å². The van der Waals surface area contributed by atoms with Crippen molar-refractivity contribution in [2.24, 2.45) is 0 Å². The zero-order valence-corrected chi connectivity index (χ0v) is 18.1. The van der Waals surface area contributed by atoms with Crippen LogP contribution >= 0.6 is 11.6 Å². The van der Waals surface area contributed by atoms with Crippen LogP contribution in [-0.4, -0.2) is 41.3 Å². The van der Waals surface area contributed by atoms with Crippen LogP contribution in [0, 0.1) is 0 Å². The monoisotopic (exact) mass is 448 g/mol. The highest BCUT2D eigenvalue weighted by atomic mass is 35.5. The Morgan fingerprint density at radius 3 is 2.57 bits per heavy atom. The first-order valence-corrected chi connectivity index (χ1v) is 11.1. The number of anilines is 1. The second kappa shape index (κ2) is 8.95. The number of halogens is 1. The van der Waals surface area contributed by atoms with Gasteiger partial charge in [-0.05, 0) is 30.3 Å². The number of amides is 1. The molecule has 0 bridgehead atoms. The maximum Gasteiger partial charge on any atom is 0.261 e. The number of nitrogens with one attached hydrogen (secondary N) is 1. The largest absolute Gasteiger partial charge is 0.323 e. The molecule has 158 valence electrons. The summed E-state index contributed by atoms with van der Waals surface area (Å²) in [6, 6.07) is 11.0. The molecular formula is C20H21ClN4O4S. The first-order chi connectivity index (χ1) is 14.3. The van der Waals surface area contributed by atoms with Crippen LogP contribution in [0.15, 0.2) is 58.5 Å². The van der Waals surface area contributed by atoms with Crippen molar-refractivity contribution in [1.82, 2.24) is 13.9 Å². The smallest absolute Gasteiger partial charge is 0.261 e. The molecule has 0 aliphatic heterocycles. The summed E-state index contributed by atoms with van der Waals surface area (Å²) in [5.41, 5.74) is 0.341. The molecule has 3 aromatic rings. The Hall–Kier alpha value is -2.75. The van der Waals surface area contributed by atoms with Gasteiger partial charge in [0.1, 0.15) is 6.54 Å². The molecule has 1 aromatic heterocycles. The van der Waals surface area contributed by atoms with E-state index in [1.165, 1.54) is 33.4 Å². The highest BCUT2D eigenvalue weighted by Gasteiger charge is 2.23. The minimum Gasteiger partial charge on any atom is -0.323 e. The van der Waals surface area contributed by atoms with Gasteiger partial charge < -0.3 is 5.32 Å². The molecule has 0 spiro atoms. The molecule has 0 radical (unpaired) electrons. The number of hydrogen-bond donors (Lipinski definition) is 1. The van der Waals surface area contributed by atoms with Gasteiger partial charge >= 0.3 is 0 Å². The summed E-state index contributed by atoms with van der Waals surface area (Å²) in [5.74, 6) is -0.534. The number of fused-ring (bicyclic) bond motifs is 1. The molecule has 0 atom stereocenters. The van der Waals surface area contributed by atoms with Crippen LogP contribution in [-0.2, 0) is 21.4 Å². The SMILES string of the molecule is CCN(CC)S(=O)(=O)c1ccc(Cl)c(NC(=O)Cn2cnc3ccccc3c2=O)c1. The van der Waals surface area contributed by atoms with E-state index in [0.29, 0.717) is 24.0 Å². The molecule has 10 heteroatoms. The van der Waals surface area contributed by atoms with Crippen molar-refractivity contribution < 1.29 is 13.2 Å². The first-order valence-electron chi connectivity index (χ1n) is 9.31. The molecular weight excluding hydrogens is 428 g/mol. The number of sulfonamides is 1. The third kappa shape index (κ3) is 4.38. The summed E-state index contributed by atoms with van der Waals surface area (Å²) in [6.07, 6.45) is 1.30. The normalized spacial score (nSPS) is 11.7. The van der Waals surface area contributed by atoms with Gasteiger partial charge in [0, 0.05) is 13.1 Å². The van der Waals surface area contributed by atoms with Crippen LogP contribution in [0.4, 0.5) is 5.69 Å². The second-order valence-electron chi connectivity index (χ2n) is 6.47. The second-order valence-corrected chi connectivity index (χ2v) is 8.82. The predicted octanol–water partition coefficient (Wildman–Crippen LogP) is 2.72. The lowest BCUT2D eigenvalue weighted by Crippen LogP contribution is -2.31. The zero-order valence-electron chi connectivity index (χ0n) is 16.5. The Kier molecular flexibility index (Phi) is 6.55. The summed E-state index contributed by atoms with van der Waals surface area (Å²) >= 11 is 6.15. The molecule has 1 amide bonds. The molecule has 0 fully saturated rings. The van der Waals surface area contributed by atoms with Gasteiger partial charge in [-0.1, -0.05) is 37.6 Å². The van der Waals surface area contributed by atoms with Crippen molar-refractivity contribution >= 4 is 44.1 Å². The average Bonchev–Trinajstić information content (AvgIpc) is 2.72. The van der Waals surface area contributed by atoms with E-state index in [0.717, 1.165) is 0 Å². The molecule has 0 aliphatic rings. The van der Waals surface area contributed by atoms with Crippen molar-refractivity contribution in [2.75, 3.05) is 18.4 Å². The fraction of sp³-hybridized carbons (Fsp3) is 0.250. The van der Waals surface area contributed by atoms with Gasteiger partial charge in [0.15, 0.2) is 0 Å². The van der Waals surface area contributed by atoms with Crippen molar-refractivity contribution in [2.45, 2.75) is 25.3 Å². The van der Waals surface area contributed by atoms with E-state index in [4.69, 9.17) is 11.6 Å². The van der Waals surface area contributed by atoms with Crippen molar-refractivity contribution in [3.05, 3.63) is 64.2 Å². The molecule has 8 nitrogen and oxygen atoms in total. The molecule has 30 heavy (non-hydrogen) atoms. The molecule has 0 saturated heterocycles. The zero-order chi connectivity index (χ0) is 21.9. The summed E-state index contributed by atoms with van der Waals surface area (Å²) in [6.45, 7) is 3.84. The lowest BCUT2D eigenvalue weighted by molar-refractivity contribution is -0.116. The summed E-state index contributed by atoms with van der Waals surface area (Å²) in [5, 5.41) is 3.17. The molecule has 1 heterocycles. The van der Waals surface area contributed by atoms with Gasteiger partial charge in [-0.15, -0.1) is 0 Å². The maximum absolute atomic E-state index is 12.7. The third-order valence-electron chi connectivity index (χ3n) is 4.60. The molecule has 2 aromatic carbocycles. The van der Waals surface area contributed by atoms with E-state index >= 15 is 0 Å². The van der Waals surface area contributed by atoms with Gasteiger partial charge in [0.25, 0.3) is 5.56 Å². The number of aromatic nitrogens is 2. The van der Waals surface area contributed by atoms with E-state index in [1.54, 1.807) is 38.1 Å². The molecule has 0 saturated carbocycles. The minimum absolute atomic E-state index is 0.0236. The van der Waals surface area contributed by atoms with Crippen LogP contribution in [0.25, 0.3) is 10.9 Å². The highest BCUT2D eigenvalue weighted by molar-refractivity contribution is 7.89. The molecule has 3 rings (SSSR count). The number of carbonyl (C=O) groups excluding carboxylic acids is 1. The van der Waals surface area contributed by atoms with Crippen LogP contribution in [0.5, 0.6) is 0 Å². The number of benzene rings is 2. The van der Waals surface area contributed by atoms with Crippen molar-refractivity contribution in [3.63, 3.8) is 0 Å². The Morgan fingerprint density at radius 2 is 1.87 bits per heavy atom. The number of nitrogens with zero attached hydrogens (tertiary/aromatic N) is 3. The summed E-state index contributed by atoms with van der Waals surface area (Å²) in [4.78, 5) is 29.3. The maximum atomic E-state index is 12.7. The van der Waals surface area contributed by atoms with E-state index in [2.05, 4.69) is 10.3 Å². The topological polar surface area (TPSA) is 101 Å². The van der Waals surface area contributed by atoms with E-state index in [9.17, 15) is 18.0 Å². The van der Waals surface area contributed by atoms with Gasteiger partial charge in [-0.25, -0.2) is 13.4 Å². The third-order valence-corrected chi connectivity index (χ3v) is 6.98. The average molecular weight is 449 g/mol. The lowest BCUT2D eigenvalue weighted by atomic mass is 10.2. The number of carbonyl (C=O) groups is 1. The number of rotatable bonds is 7. The van der Waals surface area contributed by atoms with Crippen molar-refractivity contribution in [3.8, 4) is 0 Å². The Labute approximate surface area is 179 Å². The van der Waals surface area contributed by atoms with Crippen LogP contribution in [0.2, 0.25) is 5.02 Å². The summed E-state index contributed by atoms with van der Waals surface area (Å²) < 4.78 is 27.9. The predicted molar refractivity (Wildman–Crippen MR) is 116 cm³/mol. The van der Waals surface area contributed by atoms with Gasteiger partial charge in [-0.3, -0.25) is 14.2 Å². The Balaban J connectivity index is 1.85. The van der Waals surface area contributed by atoms with Gasteiger partial charge in [-0.2, -0.15) is 4.31 Å². The Morgan fingerprint density at radius 1 is 1.17 bits per heavy atom. The van der Waals surface area contributed by atoms with E-state index < -0.39 is 15.9 Å². The van der Waals surface area contributed by atoms with Crippen LogP contribution in [0.3, 0.4) is 0 Å². The van der Waals surface area contributed by atoms with E-state index in [1.807, 2.05) is 0 Å². The van der Waals surface area contributed by atoms with Gasteiger partial charge in [0.05, 0.1) is 32.8 Å². The van der Waals surface area contributed by atoms with Gasteiger partial charge in [0.2, 0.25) is 15.9 Å². The fourth-order valence-corrected chi connectivity index (χ4v) is 4.69. The standard InChI is InChI=1S/C20H21ClN4O4S/c1-3-25(4-2)30(28,29)14-9-10-16(21)18(11-14)23-19(26)12-24-13-22-17-8-6-5-7-15(17)20(24)27/h5-11,13H,3-4,12H2,1-2H3,(H,23,26). The first kappa shape index (κ1) is 21.9. The fourth-order valence-electron chi connectivity index (χ4n) is 3.04. The van der Waals surface area contributed by atoms with E-state index in [-0.39, 0.29) is 27.7 Å². The molecule has 0 unspecified atom stereocenters. The molecule has 1 N–H and O–H groups in total. The lowest BCUT2D eigenvalue weighted by Gasteiger charge is -2.19. The van der Waals surface area contributed by atoms with Crippen LogP contribution in [0.1, 0.15) is 13.8 Å². The Bertz CT molecular complexity index is 1250. The minimum atomic E-state index is -3.71. The quantitative estimate of drug-likeness (QED) is 0.598. The summed E-state index contributed by atoms with van der Waals surface area (Å²) in [7, 11) is -3.71. The highest BCUT2D eigenvalue weighted by Crippen LogP contribution is 2.27. The number of para-hydroxylation sites is 1. The number of hydrogen-bond acceptors (Lipinski definition) is 5. The molecule has 0 aliphatic carbocycles.